The zero-order chi connectivity index (χ0) is 15.4. The second-order valence-corrected chi connectivity index (χ2v) is 5.25. The number of halogens is 1. The molecule has 2 rings (SSSR count). The summed E-state index contributed by atoms with van der Waals surface area (Å²) in [6.07, 6.45) is -0.00512. The lowest BCUT2D eigenvalue weighted by Gasteiger charge is -2.16. The van der Waals surface area contributed by atoms with Gasteiger partial charge in [0.25, 0.3) is 0 Å². The Kier molecular flexibility index (Phi) is 4.80. The number of aliphatic carboxylic acids is 1. The number of amides is 2. The molecule has 2 amide bonds. The minimum atomic E-state index is -0.972. The SMILES string of the molecule is O=C(O)CCNC(=O)C1CC(=O)N(c2ccc(Cl)cc2)C1. The average Bonchev–Trinajstić information content (AvgIpc) is 2.81. The molecule has 1 atom stereocenters. The summed E-state index contributed by atoms with van der Waals surface area (Å²) in [4.78, 5) is 35.8. The molecule has 2 N–H and O–H groups in total. The van der Waals surface area contributed by atoms with E-state index < -0.39 is 11.9 Å². The number of nitrogens with one attached hydrogen (secondary N) is 1. The normalized spacial score (nSPS) is 17.9. The van der Waals surface area contributed by atoms with E-state index in [0.717, 1.165) is 0 Å². The summed E-state index contributed by atoms with van der Waals surface area (Å²) in [6.45, 7) is 0.360. The monoisotopic (exact) mass is 310 g/mol. The van der Waals surface area contributed by atoms with E-state index in [9.17, 15) is 14.4 Å². The van der Waals surface area contributed by atoms with Crippen LogP contribution in [-0.2, 0) is 14.4 Å². The minimum absolute atomic E-state index is 0.0692. The van der Waals surface area contributed by atoms with Gasteiger partial charge in [-0.15, -0.1) is 0 Å². The van der Waals surface area contributed by atoms with E-state index >= 15 is 0 Å². The molecule has 1 aromatic carbocycles. The van der Waals surface area contributed by atoms with Crippen molar-refractivity contribution in [2.75, 3.05) is 18.0 Å². The molecule has 1 aliphatic rings. The molecule has 0 aromatic heterocycles. The molecule has 7 heteroatoms. The van der Waals surface area contributed by atoms with E-state index in [1.54, 1.807) is 24.3 Å². The maximum atomic E-state index is 12.0. The van der Waals surface area contributed by atoms with Crippen molar-refractivity contribution in [3.63, 3.8) is 0 Å². The highest BCUT2D eigenvalue weighted by atomic mass is 35.5. The highest BCUT2D eigenvalue weighted by Crippen LogP contribution is 2.26. The second-order valence-electron chi connectivity index (χ2n) is 4.82. The van der Waals surface area contributed by atoms with Crippen LogP contribution in [-0.4, -0.2) is 36.0 Å². The molecule has 1 unspecified atom stereocenters. The van der Waals surface area contributed by atoms with Crippen LogP contribution >= 0.6 is 11.6 Å². The first-order valence-corrected chi connectivity index (χ1v) is 6.90. The fourth-order valence-electron chi connectivity index (χ4n) is 2.19. The highest BCUT2D eigenvalue weighted by Gasteiger charge is 2.34. The molecular formula is C14H15ClN2O4. The van der Waals surface area contributed by atoms with Crippen LogP contribution in [0.2, 0.25) is 5.02 Å². The van der Waals surface area contributed by atoms with E-state index in [1.807, 2.05) is 0 Å². The molecule has 0 saturated carbocycles. The summed E-state index contributed by atoms with van der Waals surface area (Å²) in [6, 6.07) is 6.82. The van der Waals surface area contributed by atoms with Crippen molar-refractivity contribution >= 4 is 35.1 Å². The van der Waals surface area contributed by atoms with Gasteiger partial charge in [-0.05, 0) is 24.3 Å². The molecule has 0 bridgehead atoms. The van der Waals surface area contributed by atoms with Crippen LogP contribution in [0.3, 0.4) is 0 Å². The van der Waals surface area contributed by atoms with Gasteiger partial charge >= 0.3 is 5.97 Å². The molecule has 112 valence electrons. The second kappa shape index (κ2) is 6.58. The van der Waals surface area contributed by atoms with Gasteiger partial charge in [0.15, 0.2) is 0 Å². The number of carboxylic acid groups (broad SMARTS) is 1. The number of carbonyl (C=O) groups excluding carboxylic acids is 2. The smallest absolute Gasteiger partial charge is 0.305 e. The Bertz CT molecular complexity index is 559. The first-order chi connectivity index (χ1) is 9.97. The number of nitrogens with zero attached hydrogens (tertiary/aromatic N) is 1. The molecule has 1 fully saturated rings. The molecule has 0 spiro atoms. The van der Waals surface area contributed by atoms with Crippen molar-refractivity contribution in [1.82, 2.24) is 5.32 Å². The topological polar surface area (TPSA) is 86.7 Å². The first kappa shape index (κ1) is 15.3. The standard InChI is InChI=1S/C14H15ClN2O4/c15-10-1-3-11(4-2-10)17-8-9(7-12(17)18)14(21)16-6-5-13(19)20/h1-4,9H,5-8H2,(H,16,21)(H,19,20). The number of carboxylic acids is 1. The number of benzene rings is 1. The Morgan fingerprint density at radius 1 is 1.33 bits per heavy atom. The van der Waals surface area contributed by atoms with Crippen LogP contribution in [0.25, 0.3) is 0 Å². The summed E-state index contributed by atoms with van der Waals surface area (Å²) in [5.74, 6) is -1.85. The number of hydrogen-bond donors (Lipinski definition) is 2. The molecule has 0 radical (unpaired) electrons. The lowest BCUT2D eigenvalue weighted by Crippen LogP contribution is -2.34. The maximum absolute atomic E-state index is 12.0. The van der Waals surface area contributed by atoms with Crippen molar-refractivity contribution in [1.29, 1.82) is 0 Å². The Hall–Kier alpha value is -2.08. The molecule has 1 aromatic rings. The molecule has 6 nitrogen and oxygen atoms in total. The summed E-state index contributed by atoms with van der Waals surface area (Å²) in [5.41, 5.74) is 0.699. The molecule has 21 heavy (non-hydrogen) atoms. The predicted octanol–water partition coefficient (Wildman–Crippen LogP) is 1.28. The summed E-state index contributed by atoms with van der Waals surface area (Å²) in [5, 5.41) is 11.6. The third kappa shape index (κ3) is 3.95. The van der Waals surface area contributed by atoms with Crippen molar-refractivity contribution in [3.05, 3.63) is 29.3 Å². The highest BCUT2D eigenvalue weighted by molar-refractivity contribution is 6.30. The van der Waals surface area contributed by atoms with Gasteiger partial charge in [0.2, 0.25) is 11.8 Å². The largest absolute Gasteiger partial charge is 0.481 e. The Labute approximate surface area is 126 Å². The summed E-state index contributed by atoms with van der Waals surface area (Å²) in [7, 11) is 0. The quantitative estimate of drug-likeness (QED) is 0.858. The molecule has 1 saturated heterocycles. The number of hydrogen-bond acceptors (Lipinski definition) is 3. The predicted molar refractivity (Wildman–Crippen MR) is 77.2 cm³/mol. The van der Waals surface area contributed by atoms with Crippen LogP contribution in [0.1, 0.15) is 12.8 Å². The van der Waals surface area contributed by atoms with Crippen LogP contribution in [0, 0.1) is 5.92 Å². The Balaban J connectivity index is 1.94. The van der Waals surface area contributed by atoms with E-state index in [4.69, 9.17) is 16.7 Å². The zero-order valence-corrected chi connectivity index (χ0v) is 12.0. The van der Waals surface area contributed by atoms with Gasteiger partial charge in [0.1, 0.15) is 0 Å². The lowest BCUT2D eigenvalue weighted by atomic mass is 10.1. The molecule has 0 aliphatic carbocycles. The molecule has 1 aliphatic heterocycles. The van der Waals surface area contributed by atoms with E-state index in [0.29, 0.717) is 17.3 Å². The lowest BCUT2D eigenvalue weighted by molar-refractivity contribution is -0.137. The molecular weight excluding hydrogens is 296 g/mol. The Morgan fingerprint density at radius 3 is 2.62 bits per heavy atom. The molecule has 1 heterocycles. The van der Waals surface area contributed by atoms with Crippen LogP contribution in [0.15, 0.2) is 24.3 Å². The van der Waals surface area contributed by atoms with Crippen molar-refractivity contribution < 1.29 is 19.5 Å². The minimum Gasteiger partial charge on any atom is -0.481 e. The number of carbonyl (C=O) groups is 3. The van der Waals surface area contributed by atoms with Crippen LogP contribution in [0.4, 0.5) is 5.69 Å². The van der Waals surface area contributed by atoms with Gasteiger partial charge in [-0.1, -0.05) is 11.6 Å². The van der Waals surface area contributed by atoms with E-state index in [-0.39, 0.29) is 31.2 Å². The summed E-state index contributed by atoms with van der Waals surface area (Å²) >= 11 is 5.80. The maximum Gasteiger partial charge on any atom is 0.305 e. The fraction of sp³-hybridized carbons (Fsp3) is 0.357. The van der Waals surface area contributed by atoms with Crippen molar-refractivity contribution in [3.8, 4) is 0 Å². The number of rotatable bonds is 5. The summed E-state index contributed by atoms with van der Waals surface area (Å²) < 4.78 is 0. The van der Waals surface area contributed by atoms with E-state index in [2.05, 4.69) is 5.32 Å². The third-order valence-electron chi connectivity index (χ3n) is 3.27. The Morgan fingerprint density at radius 2 is 2.00 bits per heavy atom. The van der Waals surface area contributed by atoms with Gasteiger partial charge in [-0.2, -0.15) is 0 Å². The van der Waals surface area contributed by atoms with Crippen LogP contribution < -0.4 is 10.2 Å². The fourth-order valence-corrected chi connectivity index (χ4v) is 2.32. The van der Waals surface area contributed by atoms with Gasteiger partial charge < -0.3 is 15.3 Å². The van der Waals surface area contributed by atoms with Gasteiger partial charge in [-0.3, -0.25) is 14.4 Å². The van der Waals surface area contributed by atoms with E-state index in [1.165, 1.54) is 4.90 Å². The third-order valence-corrected chi connectivity index (χ3v) is 3.52. The zero-order valence-electron chi connectivity index (χ0n) is 11.2. The van der Waals surface area contributed by atoms with Crippen molar-refractivity contribution in [2.45, 2.75) is 12.8 Å². The van der Waals surface area contributed by atoms with Gasteiger partial charge in [0.05, 0.1) is 12.3 Å². The van der Waals surface area contributed by atoms with Crippen LogP contribution in [0.5, 0.6) is 0 Å². The van der Waals surface area contributed by atoms with Gasteiger partial charge in [-0.25, -0.2) is 0 Å². The first-order valence-electron chi connectivity index (χ1n) is 6.53. The van der Waals surface area contributed by atoms with Crippen molar-refractivity contribution in [2.24, 2.45) is 5.92 Å². The number of anilines is 1. The average molecular weight is 311 g/mol. The van der Waals surface area contributed by atoms with Gasteiger partial charge in [0, 0.05) is 30.2 Å².